The van der Waals surface area contributed by atoms with Crippen molar-refractivity contribution < 1.29 is 4.79 Å². The van der Waals surface area contributed by atoms with Crippen molar-refractivity contribution in [2.24, 2.45) is 4.99 Å². The third-order valence-corrected chi connectivity index (χ3v) is 3.39. The number of carbonyl (C=O) groups is 1. The molecule has 1 amide bonds. The fourth-order valence-electron chi connectivity index (χ4n) is 2.28. The topological polar surface area (TPSA) is 65.5 Å². The van der Waals surface area contributed by atoms with E-state index < -0.39 is 0 Å². The van der Waals surface area contributed by atoms with E-state index in [4.69, 9.17) is 0 Å². The Morgan fingerprint density at radius 1 is 1.15 bits per heavy atom. The van der Waals surface area contributed by atoms with Crippen LogP contribution < -0.4 is 16.0 Å². The molecule has 0 aliphatic heterocycles. The number of rotatable bonds is 6. The quantitative estimate of drug-likeness (QED) is 0.366. The predicted molar refractivity (Wildman–Crippen MR) is 94.7 cm³/mol. The van der Waals surface area contributed by atoms with Gasteiger partial charge in [-0.15, -0.1) is 24.0 Å². The summed E-state index contributed by atoms with van der Waals surface area (Å²) in [5, 5.41) is 9.50. The molecular weight excluding hydrogens is 367 g/mol. The number of hydrogen-bond donors (Lipinski definition) is 3. The smallest absolute Gasteiger partial charge is 0.221 e. The number of hydrogen-bond acceptors (Lipinski definition) is 2. The van der Waals surface area contributed by atoms with Crippen molar-refractivity contribution in [3.05, 3.63) is 0 Å². The van der Waals surface area contributed by atoms with Crippen LogP contribution in [0.15, 0.2) is 4.99 Å². The van der Waals surface area contributed by atoms with E-state index in [1.807, 2.05) is 0 Å². The highest BCUT2D eigenvalue weighted by Gasteiger charge is 2.14. The molecule has 0 radical (unpaired) electrons. The molecular formula is C14H29IN4O. The second-order valence-electron chi connectivity index (χ2n) is 5.08. The number of carbonyl (C=O) groups excluding carboxylic acids is 1. The summed E-state index contributed by atoms with van der Waals surface area (Å²) >= 11 is 0. The van der Waals surface area contributed by atoms with Crippen LogP contribution in [0.2, 0.25) is 0 Å². The van der Waals surface area contributed by atoms with Crippen LogP contribution in [0.25, 0.3) is 0 Å². The first-order valence-electron chi connectivity index (χ1n) is 7.50. The van der Waals surface area contributed by atoms with Crippen molar-refractivity contribution in [3.8, 4) is 0 Å². The van der Waals surface area contributed by atoms with E-state index in [1.165, 1.54) is 32.1 Å². The Morgan fingerprint density at radius 2 is 1.85 bits per heavy atom. The van der Waals surface area contributed by atoms with E-state index in [-0.39, 0.29) is 29.9 Å². The van der Waals surface area contributed by atoms with Crippen LogP contribution in [0.5, 0.6) is 0 Å². The summed E-state index contributed by atoms with van der Waals surface area (Å²) in [4.78, 5) is 15.7. The molecule has 5 nitrogen and oxygen atoms in total. The maximum Gasteiger partial charge on any atom is 0.221 e. The average Bonchev–Trinajstić information content (AvgIpc) is 2.45. The van der Waals surface area contributed by atoms with Gasteiger partial charge in [0.05, 0.1) is 0 Å². The minimum atomic E-state index is 0. The highest BCUT2D eigenvalue weighted by Crippen LogP contribution is 2.17. The van der Waals surface area contributed by atoms with Gasteiger partial charge in [-0.2, -0.15) is 0 Å². The maximum absolute atomic E-state index is 11.5. The summed E-state index contributed by atoms with van der Waals surface area (Å²) in [6, 6.07) is 0.536. The molecule has 1 rings (SSSR count). The maximum atomic E-state index is 11.5. The lowest BCUT2D eigenvalue weighted by Gasteiger charge is -2.24. The number of guanidine groups is 1. The van der Waals surface area contributed by atoms with E-state index in [2.05, 4.69) is 27.9 Å². The summed E-state index contributed by atoms with van der Waals surface area (Å²) in [6.07, 6.45) is 7.86. The first-order chi connectivity index (χ1) is 9.26. The van der Waals surface area contributed by atoms with Crippen molar-refractivity contribution in [1.82, 2.24) is 16.0 Å². The van der Waals surface area contributed by atoms with Gasteiger partial charge in [0.1, 0.15) is 0 Å². The van der Waals surface area contributed by atoms with E-state index in [0.29, 0.717) is 19.0 Å². The number of nitrogens with zero attached hydrogens (tertiary/aromatic N) is 1. The number of aliphatic imine (C=N–C) groups is 1. The highest BCUT2D eigenvalue weighted by atomic mass is 127. The summed E-state index contributed by atoms with van der Waals surface area (Å²) in [5.41, 5.74) is 0. The molecule has 0 atom stereocenters. The Bertz CT molecular complexity index is 291. The van der Waals surface area contributed by atoms with Gasteiger partial charge in [-0.1, -0.05) is 26.2 Å². The van der Waals surface area contributed by atoms with Gasteiger partial charge in [0.15, 0.2) is 5.96 Å². The Hall–Kier alpha value is -0.530. The average molecular weight is 396 g/mol. The second kappa shape index (κ2) is 12.2. The second-order valence-corrected chi connectivity index (χ2v) is 5.08. The molecule has 0 aromatic heterocycles. The molecule has 0 saturated heterocycles. The highest BCUT2D eigenvalue weighted by molar-refractivity contribution is 14.0. The Kier molecular flexibility index (Phi) is 11.9. The van der Waals surface area contributed by atoms with Gasteiger partial charge in [0, 0.05) is 32.6 Å². The molecule has 3 N–H and O–H groups in total. The third-order valence-electron chi connectivity index (χ3n) is 3.39. The molecule has 0 heterocycles. The summed E-state index contributed by atoms with van der Waals surface area (Å²) in [5.74, 6) is 0.915. The van der Waals surface area contributed by atoms with E-state index in [9.17, 15) is 4.79 Å². The predicted octanol–water partition coefficient (Wildman–Crippen LogP) is 2.02. The molecule has 0 aromatic rings. The van der Waals surface area contributed by atoms with Crippen molar-refractivity contribution in [1.29, 1.82) is 0 Å². The molecule has 0 aromatic carbocycles. The zero-order chi connectivity index (χ0) is 13.9. The van der Waals surface area contributed by atoms with Crippen molar-refractivity contribution in [2.75, 3.05) is 20.1 Å². The molecule has 0 bridgehead atoms. The van der Waals surface area contributed by atoms with Crippen LogP contribution in [-0.4, -0.2) is 38.0 Å². The SMILES string of the molecule is CCCNC(=O)CCNC(=NC)NC1CCCCC1.I. The summed E-state index contributed by atoms with van der Waals surface area (Å²) in [6.45, 7) is 3.43. The normalized spacial score (nSPS) is 16.2. The zero-order valence-electron chi connectivity index (χ0n) is 12.7. The molecule has 118 valence electrons. The minimum absolute atomic E-state index is 0. The van der Waals surface area contributed by atoms with Gasteiger partial charge < -0.3 is 16.0 Å². The first kappa shape index (κ1) is 19.5. The minimum Gasteiger partial charge on any atom is -0.356 e. The summed E-state index contributed by atoms with van der Waals surface area (Å²) in [7, 11) is 1.77. The van der Waals surface area contributed by atoms with E-state index >= 15 is 0 Å². The molecule has 6 heteroatoms. The Balaban J connectivity index is 0.00000361. The molecule has 0 unspecified atom stereocenters. The van der Waals surface area contributed by atoms with Gasteiger partial charge in [-0.05, 0) is 19.3 Å². The molecule has 1 aliphatic carbocycles. The number of nitrogens with one attached hydrogen (secondary N) is 3. The third kappa shape index (κ3) is 8.60. The summed E-state index contributed by atoms with van der Waals surface area (Å²) < 4.78 is 0. The van der Waals surface area contributed by atoms with Gasteiger partial charge in [-0.3, -0.25) is 9.79 Å². The lowest BCUT2D eigenvalue weighted by molar-refractivity contribution is -0.120. The monoisotopic (exact) mass is 396 g/mol. The lowest BCUT2D eigenvalue weighted by atomic mass is 9.96. The largest absolute Gasteiger partial charge is 0.356 e. The fourth-order valence-corrected chi connectivity index (χ4v) is 2.28. The first-order valence-corrected chi connectivity index (χ1v) is 7.50. The standard InChI is InChI=1S/C14H28N4O.HI/c1-3-10-16-13(19)9-11-17-14(15-2)18-12-7-5-4-6-8-12;/h12H,3-11H2,1-2H3,(H,16,19)(H2,15,17,18);1H. The van der Waals surface area contributed by atoms with E-state index in [0.717, 1.165) is 18.9 Å². The van der Waals surface area contributed by atoms with Gasteiger partial charge in [0.25, 0.3) is 0 Å². The van der Waals surface area contributed by atoms with Crippen molar-refractivity contribution >= 4 is 35.8 Å². The van der Waals surface area contributed by atoms with Crippen LogP contribution in [0, 0.1) is 0 Å². The molecule has 1 saturated carbocycles. The molecule has 1 fully saturated rings. The van der Waals surface area contributed by atoms with Crippen LogP contribution in [0.1, 0.15) is 51.9 Å². The molecule has 1 aliphatic rings. The van der Waals surface area contributed by atoms with Crippen molar-refractivity contribution in [3.63, 3.8) is 0 Å². The Morgan fingerprint density at radius 3 is 2.45 bits per heavy atom. The lowest BCUT2D eigenvalue weighted by Crippen LogP contribution is -2.45. The van der Waals surface area contributed by atoms with Crippen LogP contribution >= 0.6 is 24.0 Å². The molecule has 0 spiro atoms. The van der Waals surface area contributed by atoms with Crippen LogP contribution in [-0.2, 0) is 4.79 Å². The van der Waals surface area contributed by atoms with Gasteiger partial charge in [0.2, 0.25) is 5.91 Å². The Labute approximate surface area is 139 Å². The number of halogens is 1. The van der Waals surface area contributed by atoms with Crippen molar-refractivity contribution in [2.45, 2.75) is 57.9 Å². The molecule has 20 heavy (non-hydrogen) atoms. The van der Waals surface area contributed by atoms with Crippen LogP contribution in [0.4, 0.5) is 0 Å². The van der Waals surface area contributed by atoms with Gasteiger partial charge in [-0.25, -0.2) is 0 Å². The van der Waals surface area contributed by atoms with E-state index in [1.54, 1.807) is 7.05 Å². The zero-order valence-corrected chi connectivity index (χ0v) is 15.0. The van der Waals surface area contributed by atoms with Crippen LogP contribution in [0.3, 0.4) is 0 Å². The number of amides is 1. The van der Waals surface area contributed by atoms with Gasteiger partial charge >= 0.3 is 0 Å². The fraction of sp³-hybridized carbons (Fsp3) is 0.857.